The minimum absolute atomic E-state index is 0.141. The molecule has 0 saturated carbocycles. The van der Waals surface area contributed by atoms with Crippen molar-refractivity contribution in [1.82, 2.24) is 0 Å². The first-order valence-electron chi connectivity index (χ1n) is 17.4. The van der Waals surface area contributed by atoms with Crippen LogP contribution in [0.3, 0.4) is 0 Å². The van der Waals surface area contributed by atoms with Gasteiger partial charge in [-0.15, -0.1) is 0 Å². The van der Waals surface area contributed by atoms with Crippen LogP contribution in [0.25, 0.3) is 22.3 Å². The van der Waals surface area contributed by atoms with Gasteiger partial charge in [-0.05, 0) is 120 Å². The lowest BCUT2D eigenvalue weighted by molar-refractivity contribution is 0.231. The van der Waals surface area contributed by atoms with E-state index in [1.807, 2.05) is 0 Å². The molecule has 0 radical (unpaired) electrons. The van der Waals surface area contributed by atoms with Crippen LogP contribution in [-0.2, 0) is 30.1 Å². The van der Waals surface area contributed by atoms with Crippen LogP contribution < -0.4 is 4.74 Å². The van der Waals surface area contributed by atoms with E-state index in [0.717, 1.165) is 49.0 Å². The number of unbranched alkanes of at least 4 members (excludes halogenated alkanes) is 2. The second-order valence-corrected chi connectivity index (χ2v) is 18.8. The Morgan fingerprint density at radius 1 is 0.644 bits per heavy atom. The molecule has 0 heterocycles. The number of aryl methyl sites for hydroxylation is 4. The molecule has 45 heavy (non-hydrogen) atoms. The zero-order valence-electron chi connectivity index (χ0n) is 29.3. The van der Waals surface area contributed by atoms with E-state index in [9.17, 15) is 10.2 Å². The number of hydrogen-bond acceptors (Lipinski definition) is 4. The summed E-state index contributed by atoms with van der Waals surface area (Å²) in [5, 5.41) is 19.6. The second-order valence-electron chi connectivity index (χ2n) is 14.0. The van der Waals surface area contributed by atoms with Crippen molar-refractivity contribution < 1.29 is 19.4 Å². The highest BCUT2D eigenvalue weighted by atomic mass is 28.4. The van der Waals surface area contributed by atoms with Crippen LogP contribution in [-0.4, -0.2) is 45.0 Å². The van der Waals surface area contributed by atoms with Gasteiger partial charge in [0.15, 0.2) is 8.32 Å². The molecule has 0 spiro atoms. The highest BCUT2D eigenvalue weighted by Gasteiger charge is 2.36. The highest BCUT2D eigenvalue weighted by Crippen LogP contribution is 2.38. The van der Waals surface area contributed by atoms with Gasteiger partial charge in [0.05, 0.1) is 6.61 Å². The Morgan fingerprint density at radius 3 is 1.80 bits per heavy atom. The van der Waals surface area contributed by atoms with Crippen molar-refractivity contribution in [3.05, 3.63) is 76.9 Å². The Kier molecular flexibility index (Phi) is 14.8. The molecule has 3 rings (SSSR count). The van der Waals surface area contributed by atoms with E-state index in [4.69, 9.17) is 9.16 Å². The standard InChI is InChI=1S/C40H60O4Si/c1-8-10-11-15-31-18-20-33(21-19-31)34-22-23-38(32(9-2)28-34)37-29-35(16-12-24-41)39(36(30-37)17-13-25-42)43-26-14-27-44-45(6,7)40(3,4)5/h18-23,28-30,41-42H,8-17,24-27H2,1-7H3. The summed E-state index contributed by atoms with van der Waals surface area (Å²) >= 11 is 0. The van der Waals surface area contributed by atoms with E-state index < -0.39 is 8.32 Å². The fourth-order valence-corrected chi connectivity index (χ4v) is 6.66. The molecule has 0 aliphatic rings. The zero-order valence-corrected chi connectivity index (χ0v) is 30.3. The number of aliphatic hydroxyl groups is 2. The molecule has 0 atom stereocenters. The molecule has 4 nitrogen and oxygen atoms in total. The fourth-order valence-electron chi connectivity index (χ4n) is 5.57. The van der Waals surface area contributed by atoms with E-state index in [1.165, 1.54) is 52.6 Å². The molecule has 3 aromatic carbocycles. The van der Waals surface area contributed by atoms with Crippen molar-refractivity contribution in [2.24, 2.45) is 0 Å². The van der Waals surface area contributed by atoms with Crippen LogP contribution in [0.4, 0.5) is 0 Å². The minimum Gasteiger partial charge on any atom is -0.493 e. The van der Waals surface area contributed by atoms with Crippen molar-refractivity contribution in [2.45, 2.75) is 117 Å². The average molecular weight is 633 g/mol. The first kappa shape index (κ1) is 37.0. The summed E-state index contributed by atoms with van der Waals surface area (Å²) < 4.78 is 12.9. The number of benzene rings is 3. The lowest BCUT2D eigenvalue weighted by atomic mass is 9.89. The molecule has 0 bridgehead atoms. The van der Waals surface area contributed by atoms with E-state index in [1.54, 1.807) is 0 Å². The monoisotopic (exact) mass is 632 g/mol. The maximum atomic E-state index is 9.71. The van der Waals surface area contributed by atoms with Gasteiger partial charge in [0, 0.05) is 26.2 Å². The Morgan fingerprint density at radius 2 is 1.24 bits per heavy atom. The topological polar surface area (TPSA) is 58.9 Å². The van der Waals surface area contributed by atoms with Gasteiger partial charge in [-0.1, -0.05) is 89.9 Å². The third-order valence-corrected chi connectivity index (χ3v) is 13.9. The van der Waals surface area contributed by atoms with Gasteiger partial charge in [0.25, 0.3) is 0 Å². The summed E-state index contributed by atoms with van der Waals surface area (Å²) in [6.07, 6.45) is 9.55. The maximum Gasteiger partial charge on any atom is 0.191 e. The summed E-state index contributed by atoms with van der Waals surface area (Å²) in [6.45, 7) is 17.4. The number of rotatable bonds is 19. The predicted octanol–water partition coefficient (Wildman–Crippen LogP) is 9.96. The first-order chi connectivity index (χ1) is 21.5. The lowest BCUT2D eigenvalue weighted by Gasteiger charge is -2.36. The van der Waals surface area contributed by atoms with Gasteiger partial charge >= 0.3 is 0 Å². The largest absolute Gasteiger partial charge is 0.493 e. The Hall–Kier alpha value is -2.44. The third kappa shape index (κ3) is 10.8. The van der Waals surface area contributed by atoms with Gasteiger partial charge < -0.3 is 19.4 Å². The van der Waals surface area contributed by atoms with Crippen LogP contribution in [0.15, 0.2) is 54.6 Å². The smallest absolute Gasteiger partial charge is 0.191 e. The highest BCUT2D eigenvalue weighted by molar-refractivity contribution is 6.74. The molecule has 0 unspecified atom stereocenters. The molecular formula is C40H60O4Si. The molecule has 0 amide bonds. The van der Waals surface area contributed by atoms with E-state index in [-0.39, 0.29) is 18.3 Å². The van der Waals surface area contributed by atoms with Crippen molar-refractivity contribution in [3.63, 3.8) is 0 Å². The van der Waals surface area contributed by atoms with Crippen molar-refractivity contribution in [1.29, 1.82) is 0 Å². The Balaban J connectivity index is 1.88. The second kappa shape index (κ2) is 18.0. The molecule has 0 aliphatic heterocycles. The predicted molar refractivity (Wildman–Crippen MR) is 194 cm³/mol. The first-order valence-corrected chi connectivity index (χ1v) is 20.3. The van der Waals surface area contributed by atoms with Crippen LogP contribution in [0.5, 0.6) is 5.75 Å². The average Bonchev–Trinajstić information content (AvgIpc) is 3.02. The lowest BCUT2D eigenvalue weighted by Crippen LogP contribution is -2.41. The van der Waals surface area contributed by atoms with Crippen molar-refractivity contribution >= 4 is 8.32 Å². The molecule has 3 aromatic rings. The third-order valence-electron chi connectivity index (χ3n) is 9.41. The summed E-state index contributed by atoms with van der Waals surface area (Å²) in [5.74, 6) is 0.918. The van der Waals surface area contributed by atoms with Crippen LogP contribution in [0.1, 0.15) is 95.4 Å². The summed E-state index contributed by atoms with van der Waals surface area (Å²) in [4.78, 5) is 0. The summed E-state index contributed by atoms with van der Waals surface area (Å²) in [7, 11) is -1.79. The molecule has 0 saturated heterocycles. The van der Waals surface area contributed by atoms with Crippen LogP contribution >= 0.6 is 0 Å². The van der Waals surface area contributed by atoms with Gasteiger partial charge in [0.1, 0.15) is 5.75 Å². The van der Waals surface area contributed by atoms with Crippen LogP contribution in [0.2, 0.25) is 18.1 Å². The molecular weight excluding hydrogens is 573 g/mol. The molecule has 0 aliphatic carbocycles. The fraction of sp³-hybridized carbons (Fsp3) is 0.550. The Bertz CT molecular complexity index is 1280. The number of ether oxygens (including phenoxy) is 1. The van der Waals surface area contributed by atoms with Gasteiger partial charge in [-0.25, -0.2) is 0 Å². The Labute approximate surface area is 275 Å². The van der Waals surface area contributed by atoms with Gasteiger partial charge in [-0.3, -0.25) is 0 Å². The van der Waals surface area contributed by atoms with E-state index in [2.05, 4.69) is 102 Å². The van der Waals surface area contributed by atoms with Gasteiger partial charge in [-0.2, -0.15) is 0 Å². The SMILES string of the molecule is CCCCCc1ccc(-c2ccc(-c3cc(CCCO)c(OCCCO[Si](C)(C)C(C)(C)C)c(CCCO)c3)c(CC)c2)cc1. The summed E-state index contributed by atoms with van der Waals surface area (Å²) in [6, 6.07) is 20.5. The quantitative estimate of drug-likeness (QED) is 0.102. The molecule has 2 N–H and O–H groups in total. The molecule has 0 fully saturated rings. The zero-order chi connectivity index (χ0) is 32.9. The molecule has 5 heteroatoms. The molecule has 0 aromatic heterocycles. The van der Waals surface area contributed by atoms with E-state index >= 15 is 0 Å². The van der Waals surface area contributed by atoms with E-state index in [0.29, 0.717) is 26.1 Å². The maximum absolute atomic E-state index is 9.71. The number of aliphatic hydroxyl groups excluding tert-OH is 2. The van der Waals surface area contributed by atoms with Crippen molar-refractivity contribution in [2.75, 3.05) is 26.4 Å². The molecule has 248 valence electrons. The normalized spacial score (nSPS) is 12.1. The summed E-state index contributed by atoms with van der Waals surface area (Å²) in [5.41, 5.74) is 9.91. The van der Waals surface area contributed by atoms with Gasteiger partial charge in [0.2, 0.25) is 0 Å². The number of hydrogen-bond donors (Lipinski definition) is 2. The minimum atomic E-state index is -1.79. The van der Waals surface area contributed by atoms with Crippen molar-refractivity contribution in [3.8, 4) is 28.0 Å². The van der Waals surface area contributed by atoms with Crippen LogP contribution in [0, 0.1) is 0 Å².